The van der Waals surface area contributed by atoms with Crippen LogP contribution in [0.3, 0.4) is 0 Å². The van der Waals surface area contributed by atoms with Crippen LogP contribution in [0.25, 0.3) is 0 Å². The maximum atomic E-state index is 12.3. The van der Waals surface area contributed by atoms with Gasteiger partial charge in [0.15, 0.2) is 0 Å². The van der Waals surface area contributed by atoms with Crippen LogP contribution in [0, 0.1) is 0 Å². The first-order chi connectivity index (χ1) is 9.11. The van der Waals surface area contributed by atoms with E-state index < -0.39 is 6.61 Å². The van der Waals surface area contributed by atoms with Gasteiger partial charge in [-0.3, -0.25) is 4.79 Å². The van der Waals surface area contributed by atoms with Crippen LogP contribution in [-0.2, 0) is 0 Å². The van der Waals surface area contributed by atoms with Crippen LogP contribution in [0.4, 0.5) is 8.78 Å². The highest BCUT2D eigenvalue weighted by Gasteiger charge is 2.32. The molecule has 19 heavy (non-hydrogen) atoms. The minimum Gasteiger partial charge on any atom is -0.435 e. The first-order valence-corrected chi connectivity index (χ1v) is 7.16. The quantitative estimate of drug-likeness (QED) is 0.747. The molecule has 0 heterocycles. The molecule has 0 aromatic heterocycles. The molecule has 1 aromatic carbocycles. The molecule has 1 aromatic rings. The van der Waals surface area contributed by atoms with Crippen LogP contribution < -0.4 is 4.74 Å². The number of carbonyl (C=O) groups is 1. The van der Waals surface area contributed by atoms with Gasteiger partial charge < -0.3 is 9.64 Å². The van der Waals surface area contributed by atoms with Crippen LogP contribution in [0.1, 0.15) is 23.2 Å². The maximum absolute atomic E-state index is 12.3. The fourth-order valence-corrected chi connectivity index (χ4v) is 2.28. The van der Waals surface area contributed by atoms with Gasteiger partial charge in [0, 0.05) is 23.5 Å². The Kier molecular flexibility index (Phi) is 4.74. The van der Waals surface area contributed by atoms with Crippen molar-refractivity contribution in [3.8, 4) is 5.75 Å². The molecule has 0 radical (unpaired) electrons. The van der Waals surface area contributed by atoms with Gasteiger partial charge in [0.2, 0.25) is 0 Å². The molecule has 1 fully saturated rings. The van der Waals surface area contributed by atoms with E-state index in [2.05, 4.69) is 20.7 Å². The predicted molar refractivity (Wildman–Crippen MR) is 70.9 cm³/mol. The third-order valence-corrected chi connectivity index (χ3v) is 3.23. The molecule has 0 bridgehead atoms. The normalized spacial score (nSPS) is 14.5. The van der Waals surface area contributed by atoms with Crippen LogP contribution in [-0.4, -0.2) is 35.3 Å². The molecule has 2 rings (SSSR count). The molecule has 0 spiro atoms. The van der Waals surface area contributed by atoms with E-state index in [9.17, 15) is 13.6 Å². The fraction of sp³-hybridized carbons (Fsp3) is 0.462. The van der Waals surface area contributed by atoms with Crippen LogP contribution in [0.5, 0.6) is 5.75 Å². The minimum atomic E-state index is -2.88. The zero-order valence-corrected chi connectivity index (χ0v) is 11.8. The zero-order chi connectivity index (χ0) is 13.8. The lowest BCUT2D eigenvalue weighted by Gasteiger charge is -2.21. The van der Waals surface area contributed by atoms with E-state index in [-0.39, 0.29) is 17.7 Å². The molecule has 6 heteroatoms. The molecule has 3 nitrogen and oxygen atoms in total. The average molecular weight is 334 g/mol. The standard InChI is InChI=1S/C13H14BrF2NO2/c14-6-7-17(10-4-5-10)12(18)9-2-1-3-11(8-9)19-13(15)16/h1-3,8,10,13H,4-7H2. The Morgan fingerprint density at radius 2 is 2.21 bits per heavy atom. The SMILES string of the molecule is O=C(c1cccc(OC(F)F)c1)N(CCBr)C1CC1. The highest BCUT2D eigenvalue weighted by atomic mass is 79.9. The number of alkyl halides is 3. The minimum absolute atomic E-state index is 0.00967. The lowest BCUT2D eigenvalue weighted by atomic mass is 10.2. The maximum Gasteiger partial charge on any atom is 0.387 e. The summed E-state index contributed by atoms with van der Waals surface area (Å²) in [6, 6.07) is 6.21. The average Bonchev–Trinajstić information content (AvgIpc) is 3.19. The van der Waals surface area contributed by atoms with Gasteiger partial charge in [-0.1, -0.05) is 22.0 Å². The molecule has 0 atom stereocenters. The second-order valence-corrected chi connectivity index (χ2v) is 5.12. The lowest BCUT2D eigenvalue weighted by Crippen LogP contribution is -2.34. The van der Waals surface area contributed by atoms with Crippen molar-refractivity contribution in [2.24, 2.45) is 0 Å². The molecule has 1 aliphatic carbocycles. The summed E-state index contributed by atoms with van der Waals surface area (Å²) in [6.07, 6.45) is 2.01. The van der Waals surface area contributed by atoms with Crippen molar-refractivity contribution in [3.05, 3.63) is 29.8 Å². The third-order valence-electron chi connectivity index (χ3n) is 2.88. The molecule has 0 N–H and O–H groups in total. The Balaban J connectivity index is 2.12. The number of ether oxygens (including phenoxy) is 1. The summed E-state index contributed by atoms with van der Waals surface area (Å²) in [5.74, 6) is -0.128. The number of carbonyl (C=O) groups excluding carboxylic acids is 1. The fourth-order valence-electron chi connectivity index (χ4n) is 1.90. The number of benzene rings is 1. The van der Waals surface area contributed by atoms with Crippen molar-refractivity contribution in [1.82, 2.24) is 4.90 Å². The summed E-state index contributed by atoms with van der Waals surface area (Å²) < 4.78 is 28.6. The third kappa shape index (κ3) is 3.89. The molecule has 0 unspecified atom stereocenters. The van der Waals surface area contributed by atoms with Crippen LogP contribution in [0.2, 0.25) is 0 Å². The number of amides is 1. The van der Waals surface area contributed by atoms with Gasteiger partial charge in [0.05, 0.1) is 0 Å². The highest BCUT2D eigenvalue weighted by Crippen LogP contribution is 2.29. The predicted octanol–water partition coefficient (Wildman–Crippen LogP) is 3.29. The second-order valence-electron chi connectivity index (χ2n) is 4.33. The Morgan fingerprint density at radius 3 is 2.79 bits per heavy atom. The number of nitrogens with zero attached hydrogens (tertiary/aromatic N) is 1. The molecule has 104 valence electrons. The smallest absolute Gasteiger partial charge is 0.387 e. The van der Waals surface area contributed by atoms with E-state index in [1.165, 1.54) is 12.1 Å². The molecule has 1 aliphatic rings. The first kappa shape index (κ1) is 14.2. The summed E-state index contributed by atoms with van der Waals surface area (Å²) in [6.45, 7) is -2.27. The molecular weight excluding hydrogens is 320 g/mol. The van der Waals surface area contributed by atoms with Gasteiger partial charge in [0.25, 0.3) is 5.91 Å². The van der Waals surface area contributed by atoms with E-state index in [1.54, 1.807) is 17.0 Å². The zero-order valence-electron chi connectivity index (χ0n) is 10.2. The van der Waals surface area contributed by atoms with Crippen molar-refractivity contribution < 1.29 is 18.3 Å². The van der Waals surface area contributed by atoms with Crippen molar-refractivity contribution in [3.63, 3.8) is 0 Å². The molecular formula is C13H14BrF2NO2. The van der Waals surface area contributed by atoms with E-state index in [0.717, 1.165) is 12.8 Å². The Morgan fingerprint density at radius 1 is 1.47 bits per heavy atom. The highest BCUT2D eigenvalue weighted by molar-refractivity contribution is 9.09. The van der Waals surface area contributed by atoms with Gasteiger partial charge in [-0.05, 0) is 31.0 Å². The topological polar surface area (TPSA) is 29.5 Å². The van der Waals surface area contributed by atoms with Crippen molar-refractivity contribution in [2.45, 2.75) is 25.5 Å². The molecule has 1 saturated carbocycles. The number of hydrogen-bond acceptors (Lipinski definition) is 2. The van der Waals surface area contributed by atoms with Gasteiger partial charge in [-0.25, -0.2) is 0 Å². The van der Waals surface area contributed by atoms with Crippen LogP contribution in [0.15, 0.2) is 24.3 Å². The van der Waals surface area contributed by atoms with E-state index in [0.29, 0.717) is 17.4 Å². The van der Waals surface area contributed by atoms with Gasteiger partial charge >= 0.3 is 6.61 Å². The second kappa shape index (κ2) is 6.32. The van der Waals surface area contributed by atoms with E-state index in [1.807, 2.05) is 0 Å². The van der Waals surface area contributed by atoms with E-state index >= 15 is 0 Å². The van der Waals surface area contributed by atoms with Gasteiger partial charge in [-0.2, -0.15) is 8.78 Å². The monoisotopic (exact) mass is 333 g/mol. The Labute approximate surface area is 118 Å². The lowest BCUT2D eigenvalue weighted by molar-refractivity contribution is -0.0499. The molecule has 0 saturated heterocycles. The number of halogens is 3. The number of rotatable bonds is 6. The Hall–Kier alpha value is -1.17. The Bertz CT molecular complexity index is 452. The molecule has 0 aliphatic heterocycles. The van der Waals surface area contributed by atoms with Gasteiger partial charge in [0.1, 0.15) is 5.75 Å². The largest absolute Gasteiger partial charge is 0.435 e. The van der Waals surface area contributed by atoms with Crippen molar-refractivity contribution in [1.29, 1.82) is 0 Å². The summed E-state index contributed by atoms with van der Waals surface area (Å²) >= 11 is 3.32. The van der Waals surface area contributed by atoms with Gasteiger partial charge in [-0.15, -0.1) is 0 Å². The number of hydrogen-bond donors (Lipinski definition) is 0. The first-order valence-electron chi connectivity index (χ1n) is 6.03. The van der Waals surface area contributed by atoms with Crippen molar-refractivity contribution in [2.75, 3.05) is 11.9 Å². The summed E-state index contributed by atoms with van der Waals surface area (Å²) in [4.78, 5) is 14.1. The summed E-state index contributed by atoms with van der Waals surface area (Å²) in [5.41, 5.74) is 0.381. The van der Waals surface area contributed by atoms with Crippen LogP contribution >= 0.6 is 15.9 Å². The molecule has 1 amide bonds. The van der Waals surface area contributed by atoms with E-state index in [4.69, 9.17) is 0 Å². The summed E-state index contributed by atoms with van der Waals surface area (Å²) in [5, 5.41) is 0.697. The summed E-state index contributed by atoms with van der Waals surface area (Å²) in [7, 11) is 0. The van der Waals surface area contributed by atoms with Crippen molar-refractivity contribution >= 4 is 21.8 Å².